The summed E-state index contributed by atoms with van der Waals surface area (Å²) >= 11 is 0. The number of benzene rings is 3. The largest absolute Gasteiger partial charge is 0.515 e. The number of rotatable bonds is 5. The molecule has 0 saturated carbocycles. The second kappa shape index (κ2) is 13.1. The summed E-state index contributed by atoms with van der Waals surface area (Å²) < 4.78 is 99.6. The van der Waals surface area contributed by atoms with Gasteiger partial charge in [-0.25, -0.2) is 0 Å². The Morgan fingerprint density at radius 1 is 0.667 bits per heavy atom. The van der Waals surface area contributed by atoms with Crippen molar-refractivity contribution in [3.8, 4) is 28.7 Å². The third-order valence-corrected chi connectivity index (χ3v) is 9.33. The van der Waals surface area contributed by atoms with Crippen LogP contribution >= 0.6 is 0 Å². The fourth-order valence-electron chi connectivity index (χ4n) is 6.59. The van der Waals surface area contributed by atoms with E-state index in [0.717, 1.165) is 22.8 Å². The molecule has 0 radical (unpaired) electrons. The molecule has 6 rings (SSSR count). The number of nitrogens with one attached hydrogen (secondary N) is 2. The summed E-state index contributed by atoms with van der Waals surface area (Å²) in [7, 11) is 0. The average molecular weight is 976 g/mol. The maximum atomic E-state index is 14.6. The molecular weight excluding hydrogens is 940 g/mol. The first kappa shape index (κ1) is 40.7. The fourth-order valence-corrected chi connectivity index (χ4v) is 6.59. The Morgan fingerprint density at radius 2 is 1.19 bits per heavy atom. The second-order valence-corrected chi connectivity index (χ2v) is 15.1. The molecule has 0 bridgehead atoms. The number of alkyl halides is 6. The summed E-state index contributed by atoms with van der Waals surface area (Å²) in [4.78, 5) is 26.7. The molecule has 0 amide bonds. The summed E-state index contributed by atoms with van der Waals surface area (Å²) in [5, 5.41) is 17.2. The van der Waals surface area contributed by atoms with Crippen molar-refractivity contribution in [2.75, 3.05) is 0 Å². The van der Waals surface area contributed by atoms with Crippen molar-refractivity contribution in [1.82, 2.24) is 9.13 Å². The molecule has 0 saturated heterocycles. The Balaban J connectivity index is 0.00000561. The van der Waals surface area contributed by atoms with E-state index < -0.39 is 62.5 Å². The number of nitrogens with zero attached hydrogens (tertiary/aromatic N) is 2. The number of fused-ring (bicyclic) bond motifs is 4. The van der Waals surface area contributed by atoms with E-state index in [4.69, 9.17) is 20.3 Å². The van der Waals surface area contributed by atoms with E-state index in [1.165, 1.54) is 36.6 Å². The van der Waals surface area contributed by atoms with Gasteiger partial charge in [-0.2, -0.15) is 33.3 Å². The summed E-state index contributed by atoms with van der Waals surface area (Å²) in [5.74, 6) is -1.23. The molecule has 2 aromatic heterocycles. The minimum atomic E-state index is -5.01. The van der Waals surface area contributed by atoms with Crippen LogP contribution in [0.3, 0.4) is 0 Å². The maximum Gasteiger partial charge on any atom is 0.420 e. The van der Waals surface area contributed by atoms with Gasteiger partial charge in [0.2, 0.25) is 0 Å². The second-order valence-electron chi connectivity index (χ2n) is 15.1. The summed E-state index contributed by atoms with van der Waals surface area (Å²) in [6.45, 7) is 17.4. The van der Waals surface area contributed by atoms with E-state index >= 15 is 0 Å². The molecule has 8 nitrogen and oxygen atoms in total. The van der Waals surface area contributed by atoms with Crippen LogP contribution in [0.2, 0.25) is 0 Å². The van der Waals surface area contributed by atoms with Crippen molar-refractivity contribution in [2.24, 2.45) is 0 Å². The van der Waals surface area contributed by atoms with Crippen molar-refractivity contribution < 1.29 is 66.9 Å². The van der Waals surface area contributed by atoms with Crippen molar-refractivity contribution in [1.29, 1.82) is 10.8 Å². The van der Waals surface area contributed by atoms with Crippen LogP contribution in [0.15, 0.2) is 52.1 Å². The zero-order chi connectivity index (χ0) is 39.5. The Hall–Kier alpha value is -4.48. The Labute approximate surface area is 328 Å². The molecule has 2 N–H and O–H groups in total. The van der Waals surface area contributed by atoms with E-state index in [9.17, 15) is 35.9 Å². The molecule has 282 valence electrons. The number of hydrogen-bond acceptors (Lipinski definition) is 6. The van der Waals surface area contributed by atoms with Crippen molar-refractivity contribution >= 4 is 21.5 Å². The van der Waals surface area contributed by atoms with Gasteiger partial charge in [-0.15, -0.1) is 11.1 Å². The first-order valence-corrected chi connectivity index (χ1v) is 16.4. The normalized spacial score (nSPS) is 12.9. The maximum absolute atomic E-state index is 14.6. The quantitative estimate of drug-likeness (QED) is 0.133. The molecule has 0 atom stereocenters. The average Bonchev–Trinajstić information content (AvgIpc) is 3.34. The summed E-state index contributed by atoms with van der Waals surface area (Å²) in [5.41, 5.74) is -5.11. The van der Waals surface area contributed by atoms with Crippen LogP contribution < -0.4 is 31.6 Å². The number of aryl methyl sites for hydroxylation is 1. The summed E-state index contributed by atoms with van der Waals surface area (Å²) in [6, 6.07) is 7.87. The van der Waals surface area contributed by atoms with Crippen molar-refractivity contribution in [3.05, 3.63) is 114 Å². The van der Waals surface area contributed by atoms with Gasteiger partial charge in [0.15, 0.2) is 0 Å². The predicted molar refractivity (Wildman–Crippen MR) is 187 cm³/mol. The number of hydrogen-bond donors (Lipinski definition) is 2. The first-order chi connectivity index (χ1) is 24.2. The van der Waals surface area contributed by atoms with Gasteiger partial charge in [0, 0.05) is 53.2 Å². The van der Waals surface area contributed by atoms with E-state index in [0.29, 0.717) is 11.6 Å². The SMILES string of the molecule is [CH2-]c1c(Oc2ccc(-n3c(=N)c4c(c3=O)c3c(=O)n(C(C)(C)C)c(=N)c43)cc2C(F)(F)F)cc(C)c(Oc2ccc(C(C)(C)C)cc2C(F)(F)F)c1C.[U]. The van der Waals surface area contributed by atoms with Gasteiger partial charge < -0.3 is 9.47 Å². The molecular formula is C39H35F6N4O4U-. The smallest absolute Gasteiger partial charge is 0.420 e. The first-order valence-electron chi connectivity index (χ1n) is 16.4. The Morgan fingerprint density at radius 3 is 1.74 bits per heavy atom. The topological polar surface area (TPSA) is 110 Å². The van der Waals surface area contributed by atoms with Gasteiger partial charge in [-0.05, 0) is 74.6 Å². The molecule has 4 aromatic carbocycles. The minimum Gasteiger partial charge on any atom is -0.515 e. The molecule has 6 aromatic rings. The molecule has 0 aliphatic heterocycles. The molecule has 2 heterocycles. The molecule has 0 spiro atoms. The van der Waals surface area contributed by atoms with Crippen LogP contribution in [0.25, 0.3) is 27.2 Å². The van der Waals surface area contributed by atoms with Gasteiger partial charge in [-0.3, -0.25) is 29.5 Å². The van der Waals surface area contributed by atoms with Crippen molar-refractivity contribution in [3.63, 3.8) is 0 Å². The van der Waals surface area contributed by atoms with Gasteiger partial charge in [0.25, 0.3) is 11.1 Å². The third-order valence-electron chi connectivity index (χ3n) is 9.33. The molecule has 0 fully saturated rings. The Kier molecular flexibility index (Phi) is 9.86. The van der Waals surface area contributed by atoms with Crippen LogP contribution in [-0.2, 0) is 23.3 Å². The minimum absolute atomic E-state index is 0. The molecule has 15 heteroatoms. The number of aromatic nitrogens is 2. The van der Waals surface area contributed by atoms with Crippen LogP contribution in [0.4, 0.5) is 26.3 Å². The predicted octanol–water partition coefficient (Wildman–Crippen LogP) is 9.05. The molecule has 54 heavy (non-hydrogen) atoms. The Bertz CT molecular complexity index is 2610. The van der Waals surface area contributed by atoms with Crippen LogP contribution in [0.5, 0.6) is 23.0 Å². The van der Waals surface area contributed by atoms with E-state index in [1.807, 2.05) is 0 Å². The fraction of sp³-hybridized carbons (Fsp3) is 0.308. The number of halogens is 6. The van der Waals surface area contributed by atoms with Crippen molar-refractivity contribution in [2.45, 2.75) is 78.7 Å². The van der Waals surface area contributed by atoms with Gasteiger partial charge in [0.05, 0.1) is 33.3 Å². The van der Waals surface area contributed by atoms with E-state index in [-0.39, 0.29) is 92.0 Å². The molecule has 0 aliphatic carbocycles. The zero-order valence-electron chi connectivity index (χ0n) is 30.5. The third kappa shape index (κ3) is 6.53. The van der Waals surface area contributed by atoms with Crippen LogP contribution in [0.1, 0.15) is 74.9 Å². The van der Waals surface area contributed by atoms with E-state index in [2.05, 4.69) is 6.92 Å². The van der Waals surface area contributed by atoms with E-state index in [1.54, 1.807) is 41.5 Å². The van der Waals surface area contributed by atoms with Crippen LogP contribution in [-0.4, -0.2) is 9.13 Å². The monoisotopic (exact) mass is 975 g/mol. The van der Waals surface area contributed by atoms with Gasteiger partial charge in [-0.1, -0.05) is 39.8 Å². The molecule has 0 aliphatic rings. The van der Waals surface area contributed by atoms with Crippen LogP contribution in [0, 0.1) is 62.7 Å². The van der Waals surface area contributed by atoms with Gasteiger partial charge in [0.1, 0.15) is 22.5 Å². The molecule has 0 unspecified atom stereocenters. The zero-order valence-corrected chi connectivity index (χ0v) is 34.7. The standard InChI is InChI=1S/C39H35F6N4O4.U/c1-17-14-26(18(2)19(3)31(17)53-25-12-10-20(36(4,5)6)15-22(25)38(40,41)42)52-24-13-11-21(16-23(24)39(43,44)45)48-32(46)27-28-30(29(27)34(48)50)35(51)49(33(28)47)37(7,8)9;/h10-16,46-47H,2H2,1,3-9H3;/q-1;. The summed E-state index contributed by atoms with van der Waals surface area (Å²) in [6.07, 6.45) is -9.75. The van der Waals surface area contributed by atoms with Gasteiger partial charge >= 0.3 is 12.4 Å². The number of ether oxygens (including phenoxy) is 2.